The van der Waals surface area contributed by atoms with E-state index in [2.05, 4.69) is 0 Å². The Bertz CT molecular complexity index is 1050. The molecule has 0 spiro atoms. The highest BCUT2D eigenvalue weighted by Gasteiger charge is 2.15. The van der Waals surface area contributed by atoms with Crippen molar-refractivity contribution in [2.45, 2.75) is 26.7 Å². The number of carbonyl (C=O) groups excluding carboxylic acids is 4. The van der Waals surface area contributed by atoms with Crippen LogP contribution in [0.4, 0.5) is 0 Å². The Kier molecular flexibility index (Phi) is 7.29. The van der Waals surface area contributed by atoms with Gasteiger partial charge in [-0.1, -0.05) is 19.9 Å². The molecule has 6 heteroatoms. The predicted molar refractivity (Wildman–Crippen MR) is 118 cm³/mol. The van der Waals surface area contributed by atoms with E-state index in [9.17, 15) is 19.2 Å². The van der Waals surface area contributed by atoms with Crippen molar-refractivity contribution in [3.63, 3.8) is 0 Å². The number of Topliss-reactive ketones (excluding diaryl/α,β-unsaturated/α-hetero) is 2. The molecule has 0 aliphatic carbocycles. The molecule has 0 aliphatic heterocycles. The highest BCUT2D eigenvalue weighted by Crippen LogP contribution is 2.18. The van der Waals surface area contributed by atoms with E-state index in [4.69, 9.17) is 9.47 Å². The molecule has 162 valence electrons. The molecule has 6 nitrogen and oxygen atoms in total. The van der Waals surface area contributed by atoms with E-state index < -0.39 is 11.9 Å². The minimum absolute atomic E-state index is 0.000642. The predicted octanol–water partition coefficient (Wildman–Crippen LogP) is 5.31. The minimum Gasteiger partial charge on any atom is -0.423 e. The first-order valence-electron chi connectivity index (χ1n) is 10.2. The topological polar surface area (TPSA) is 86.7 Å². The summed E-state index contributed by atoms with van der Waals surface area (Å²) in [4.78, 5) is 48.3. The van der Waals surface area contributed by atoms with Crippen molar-refractivity contribution in [3.8, 4) is 11.5 Å². The second kappa shape index (κ2) is 10.3. The number of ether oxygens (including phenoxy) is 2. The second-order valence-electron chi connectivity index (χ2n) is 6.96. The molecule has 0 saturated carbocycles. The van der Waals surface area contributed by atoms with Crippen LogP contribution in [-0.4, -0.2) is 23.5 Å². The quantitative estimate of drug-likeness (QED) is 0.273. The monoisotopic (exact) mass is 430 g/mol. The van der Waals surface area contributed by atoms with Crippen LogP contribution in [0.25, 0.3) is 0 Å². The van der Waals surface area contributed by atoms with E-state index in [0.29, 0.717) is 24.0 Å². The van der Waals surface area contributed by atoms with Gasteiger partial charge in [0.05, 0.1) is 11.1 Å². The van der Waals surface area contributed by atoms with E-state index in [0.717, 1.165) is 0 Å². The molecular weight excluding hydrogens is 408 g/mol. The summed E-state index contributed by atoms with van der Waals surface area (Å²) in [5, 5.41) is 0. The van der Waals surface area contributed by atoms with Crippen LogP contribution < -0.4 is 9.47 Å². The summed E-state index contributed by atoms with van der Waals surface area (Å²) in [6.07, 6.45) is 0.784. The Hall–Kier alpha value is -4.06. The van der Waals surface area contributed by atoms with Crippen LogP contribution in [0.2, 0.25) is 0 Å². The number of rotatable bonds is 8. The minimum atomic E-state index is -0.642. The van der Waals surface area contributed by atoms with Crippen LogP contribution in [0.5, 0.6) is 11.5 Å². The summed E-state index contributed by atoms with van der Waals surface area (Å²) >= 11 is 0. The van der Waals surface area contributed by atoms with Gasteiger partial charge in [0, 0.05) is 24.0 Å². The largest absolute Gasteiger partial charge is 0.423 e. The van der Waals surface area contributed by atoms with Gasteiger partial charge in [-0.25, -0.2) is 9.59 Å². The third-order valence-corrected chi connectivity index (χ3v) is 4.75. The molecule has 3 aromatic rings. The first-order chi connectivity index (χ1) is 15.4. The average molecular weight is 430 g/mol. The summed E-state index contributed by atoms with van der Waals surface area (Å²) in [5.41, 5.74) is 1.45. The van der Waals surface area contributed by atoms with Gasteiger partial charge in [0.2, 0.25) is 0 Å². The molecule has 32 heavy (non-hydrogen) atoms. The van der Waals surface area contributed by atoms with Gasteiger partial charge < -0.3 is 9.47 Å². The molecule has 0 fully saturated rings. The number of hydrogen-bond acceptors (Lipinski definition) is 6. The highest BCUT2D eigenvalue weighted by atomic mass is 16.5. The van der Waals surface area contributed by atoms with Crippen molar-refractivity contribution in [1.82, 2.24) is 0 Å². The molecular formula is C26H22O6. The Morgan fingerprint density at radius 2 is 0.938 bits per heavy atom. The Labute approximate surface area is 185 Å². The number of hydrogen-bond donors (Lipinski definition) is 0. The zero-order valence-electron chi connectivity index (χ0n) is 17.8. The molecule has 0 radical (unpaired) electrons. The smallest absolute Gasteiger partial charge is 0.343 e. The van der Waals surface area contributed by atoms with Crippen molar-refractivity contribution in [2.24, 2.45) is 0 Å². The molecule has 0 amide bonds. The molecule has 0 aliphatic rings. The average Bonchev–Trinajstić information content (AvgIpc) is 2.84. The van der Waals surface area contributed by atoms with E-state index in [1.54, 1.807) is 68.4 Å². The molecule has 0 heterocycles. The number of carbonyl (C=O) groups is 4. The summed E-state index contributed by atoms with van der Waals surface area (Å²) in [7, 11) is 0. The third-order valence-electron chi connectivity index (χ3n) is 4.75. The van der Waals surface area contributed by atoms with Crippen molar-refractivity contribution in [1.29, 1.82) is 0 Å². The van der Waals surface area contributed by atoms with Gasteiger partial charge in [0.25, 0.3) is 0 Å². The lowest BCUT2D eigenvalue weighted by atomic mass is 10.1. The Morgan fingerprint density at radius 3 is 1.28 bits per heavy atom. The summed E-state index contributed by atoms with van der Waals surface area (Å²) in [6, 6.07) is 18.6. The summed E-state index contributed by atoms with van der Waals surface area (Å²) < 4.78 is 10.7. The van der Waals surface area contributed by atoms with Gasteiger partial charge in [-0.05, 0) is 66.7 Å². The molecule has 0 N–H and O–H groups in total. The zero-order valence-corrected chi connectivity index (χ0v) is 17.8. The Balaban J connectivity index is 1.67. The molecule has 3 aromatic carbocycles. The van der Waals surface area contributed by atoms with E-state index in [1.807, 2.05) is 0 Å². The lowest BCUT2D eigenvalue weighted by Crippen LogP contribution is -2.12. The van der Waals surface area contributed by atoms with Crippen LogP contribution in [0.15, 0.2) is 72.8 Å². The van der Waals surface area contributed by atoms with Crippen LogP contribution in [-0.2, 0) is 0 Å². The number of esters is 2. The van der Waals surface area contributed by atoms with Gasteiger partial charge in [-0.3, -0.25) is 9.59 Å². The van der Waals surface area contributed by atoms with Crippen LogP contribution >= 0.6 is 0 Å². The number of ketones is 2. The third kappa shape index (κ3) is 5.55. The molecule has 0 aromatic heterocycles. The molecule has 0 unspecified atom stereocenters. The first kappa shape index (κ1) is 22.6. The lowest BCUT2D eigenvalue weighted by Gasteiger charge is -2.08. The maximum absolute atomic E-state index is 12.5. The van der Waals surface area contributed by atoms with Gasteiger partial charge in [0.15, 0.2) is 11.6 Å². The molecule has 0 atom stereocenters. The number of benzene rings is 3. The van der Waals surface area contributed by atoms with Crippen LogP contribution in [0.1, 0.15) is 68.1 Å². The highest BCUT2D eigenvalue weighted by molar-refractivity contribution is 5.98. The van der Waals surface area contributed by atoms with Crippen molar-refractivity contribution in [2.75, 3.05) is 0 Å². The maximum Gasteiger partial charge on any atom is 0.343 e. The van der Waals surface area contributed by atoms with Gasteiger partial charge in [-0.2, -0.15) is 0 Å². The first-order valence-corrected chi connectivity index (χ1v) is 10.2. The molecule has 0 saturated heterocycles. The fourth-order valence-corrected chi connectivity index (χ4v) is 2.93. The van der Waals surface area contributed by atoms with Gasteiger partial charge in [-0.15, -0.1) is 0 Å². The Morgan fingerprint density at radius 1 is 0.562 bits per heavy atom. The zero-order chi connectivity index (χ0) is 23.1. The lowest BCUT2D eigenvalue weighted by molar-refractivity contribution is 0.0734. The fourth-order valence-electron chi connectivity index (χ4n) is 2.93. The van der Waals surface area contributed by atoms with Crippen molar-refractivity contribution in [3.05, 3.63) is 95.1 Å². The normalized spacial score (nSPS) is 10.3. The molecule has 3 rings (SSSR count). The van der Waals surface area contributed by atoms with E-state index in [-0.39, 0.29) is 34.2 Å². The molecule has 0 bridgehead atoms. The maximum atomic E-state index is 12.5. The van der Waals surface area contributed by atoms with Crippen LogP contribution in [0, 0.1) is 0 Å². The second-order valence-corrected chi connectivity index (χ2v) is 6.96. The van der Waals surface area contributed by atoms with E-state index in [1.165, 1.54) is 18.2 Å². The van der Waals surface area contributed by atoms with Crippen molar-refractivity contribution >= 4 is 23.5 Å². The van der Waals surface area contributed by atoms with Gasteiger partial charge >= 0.3 is 11.9 Å². The SMILES string of the molecule is CCC(=O)c1ccc(OC(=O)c2cccc(C(=O)Oc3ccc(C(=O)CC)cc3)c2)cc1. The van der Waals surface area contributed by atoms with Crippen molar-refractivity contribution < 1.29 is 28.7 Å². The van der Waals surface area contributed by atoms with Gasteiger partial charge in [0.1, 0.15) is 11.5 Å². The summed E-state index contributed by atoms with van der Waals surface area (Å²) in [5.74, 6) is -0.704. The van der Waals surface area contributed by atoms with E-state index >= 15 is 0 Å². The fraction of sp³-hybridized carbons (Fsp3) is 0.154. The standard InChI is InChI=1S/C26H22O6/c1-3-23(27)17-8-12-21(13-9-17)31-25(29)19-6-5-7-20(16-19)26(30)32-22-14-10-18(11-15-22)24(28)4-2/h5-16H,3-4H2,1-2H3. The van der Waals surface area contributed by atoms with Crippen LogP contribution in [0.3, 0.4) is 0 Å². The summed E-state index contributed by atoms with van der Waals surface area (Å²) in [6.45, 7) is 3.55.